The second-order valence-electron chi connectivity index (χ2n) is 5.42. The Hall–Kier alpha value is -1.97. The molecule has 2 aromatic rings. The minimum absolute atomic E-state index is 0.784. The molecule has 1 aliphatic rings. The summed E-state index contributed by atoms with van der Waals surface area (Å²) in [5.74, 6) is 1.61. The summed E-state index contributed by atoms with van der Waals surface area (Å²) in [6, 6.07) is 3.93. The van der Waals surface area contributed by atoms with Crippen LogP contribution in [-0.4, -0.2) is 25.7 Å². The topological polar surface area (TPSA) is 43.4 Å². The van der Waals surface area contributed by atoms with Gasteiger partial charge in [-0.1, -0.05) is 6.92 Å². The van der Waals surface area contributed by atoms with E-state index in [2.05, 4.69) is 12.2 Å². The van der Waals surface area contributed by atoms with Gasteiger partial charge in [-0.05, 0) is 31.2 Å². The number of anilines is 1. The van der Waals surface area contributed by atoms with Gasteiger partial charge in [-0.15, -0.1) is 0 Å². The van der Waals surface area contributed by atoms with Gasteiger partial charge in [0.15, 0.2) is 0 Å². The number of aryl methyl sites for hydroxylation is 1. The standard InChI is InChI=1S/C17H22N2O2/c1-4-8-18-17-12-6-5-7-13(12)19-14-9-11(20-2)10-15(21-3)16(14)17/h9-10H,4-8H2,1-3H3,(H,18,19). The summed E-state index contributed by atoms with van der Waals surface area (Å²) in [6.45, 7) is 3.14. The summed E-state index contributed by atoms with van der Waals surface area (Å²) >= 11 is 0. The zero-order chi connectivity index (χ0) is 14.8. The molecule has 0 unspecified atom stereocenters. The van der Waals surface area contributed by atoms with Gasteiger partial charge in [-0.25, -0.2) is 0 Å². The van der Waals surface area contributed by atoms with E-state index >= 15 is 0 Å². The predicted molar refractivity (Wildman–Crippen MR) is 85.7 cm³/mol. The molecule has 0 aliphatic heterocycles. The van der Waals surface area contributed by atoms with E-state index in [1.807, 2.05) is 12.1 Å². The average Bonchev–Trinajstić information content (AvgIpc) is 2.98. The maximum absolute atomic E-state index is 5.59. The highest BCUT2D eigenvalue weighted by molar-refractivity contribution is 5.99. The monoisotopic (exact) mass is 286 g/mol. The van der Waals surface area contributed by atoms with E-state index in [0.29, 0.717) is 0 Å². The van der Waals surface area contributed by atoms with Crippen LogP contribution in [0.1, 0.15) is 31.0 Å². The first kappa shape index (κ1) is 14.0. The van der Waals surface area contributed by atoms with E-state index < -0.39 is 0 Å². The highest BCUT2D eigenvalue weighted by atomic mass is 16.5. The fourth-order valence-electron chi connectivity index (χ4n) is 3.06. The van der Waals surface area contributed by atoms with E-state index in [4.69, 9.17) is 14.5 Å². The Bertz CT molecular complexity index is 668. The molecule has 0 bridgehead atoms. The van der Waals surface area contributed by atoms with Gasteiger partial charge in [0.2, 0.25) is 0 Å². The number of benzene rings is 1. The first-order chi connectivity index (χ1) is 10.3. The molecule has 1 N–H and O–H groups in total. The average molecular weight is 286 g/mol. The second-order valence-corrected chi connectivity index (χ2v) is 5.42. The third-order valence-corrected chi connectivity index (χ3v) is 4.06. The van der Waals surface area contributed by atoms with Crippen LogP contribution in [0.4, 0.5) is 5.69 Å². The lowest BCUT2D eigenvalue weighted by Gasteiger charge is -2.17. The van der Waals surface area contributed by atoms with Crippen LogP contribution in [-0.2, 0) is 12.8 Å². The molecule has 21 heavy (non-hydrogen) atoms. The van der Waals surface area contributed by atoms with E-state index in [1.165, 1.54) is 23.4 Å². The van der Waals surface area contributed by atoms with Crippen LogP contribution in [0.25, 0.3) is 10.9 Å². The summed E-state index contributed by atoms with van der Waals surface area (Å²) in [6.07, 6.45) is 4.43. The van der Waals surface area contributed by atoms with E-state index in [1.54, 1.807) is 14.2 Å². The van der Waals surface area contributed by atoms with Gasteiger partial charge in [0.05, 0.1) is 30.8 Å². The van der Waals surface area contributed by atoms with E-state index in [9.17, 15) is 0 Å². The van der Waals surface area contributed by atoms with Crippen molar-refractivity contribution in [2.45, 2.75) is 32.6 Å². The molecule has 0 saturated heterocycles. The maximum atomic E-state index is 5.59. The van der Waals surface area contributed by atoms with Crippen molar-refractivity contribution in [3.63, 3.8) is 0 Å². The first-order valence-corrected chi connectivity index (χ1v) is 7.59. The number of hydrogen-bond donors (Lipinski definition) is 1. The summed E-state index contributed by atoms with van der Waals surface area (Å²) in [5, 5.41) is 4.67. The number of ether oxygens (including phenoxy) is 2. The third-order valence-electron chi connectivity index (χ3n) is 4.06. The SMILES string of the molecule is CCCNc1c2c(nc3cc(OC)cc(OC)c13)CCC2. The molecule has 0 radical (unpaired) electrons. The van der Waals surface area contributed by atoms with E-state index in [-0.39, 0.29) is 0 Å². The van der Waals surface area contributed by atoms with Gasteiger partial charge in [-0.3, -0.25) is 4.98 Å². The zero-order valence-corrected chi connectivity index (χ0v) is 13.0. The number of fused-ring (bicyclic) bond motifs is 2. The minimum atomic E-state index is 0.784. The van der Waals surface area contributed by atoms with Crippen LogP contribution in [0.15, 0.2) is 12.1 Å². The molecule has 4 heteroatoms. The van der Waals surface area contributed by atoms with Crippen molar-refractivity contribution < 1.29 is 9.47 Å². The Morgan fingerprint density at radius 1 is 1.19 bits per heavy atom. The highest BCUT2D eigenvalue weighted by Gasteiger charge is 2.22. The number of aromatic nitrogens is 1. The van der Waals surface area contributed by atoms with Crippen LogP contribution in [0.5, 0.6) is 11.5 Å². The molecule has 0 atom stereocenters. The Kier molecular flexibility index (Phi) is 3.86. The van der Waals surface area contributed by atoms with Gasteiger partial charge >= 0.3 is 0 Å². The second kappa shape index (κ2) is 5.80. The lowest BCUT2D eigenvalue weighted by Crippen LogP contribution is -2.06. The molecule has 0 amide bonds. The van der Waals surface area contributed by atoms with Crippen LogP contribution in [0.3, 0.4) is 0 Å². The van der Waals surface area contributed by atoms with Crippen molar-refractivity contribution in [3.8, 4) is 11.5 Å². The Morgan fingerprint density at radius 3 is 2.76 bits per heavy atom. The summed E-state index contributed by atoms with van der Waals surface area (Å²) in [4.78, 5) is 4.84. The molecule has 1 aliphatic carbocycles. The van der Waals surface area contributed by atoms with Gasteiger partial charge in [0.1, 0.15) is 11.5 Å². The first-order valence-electron chi connectivity index (χ1n) is 7.59. The Labute approximate surface area is 125 Å². The fraction of sp³-hybridized carbons (Fsp3) is 0.471. The number of methoxy groups -OCH3 is 2. The molecule has 3 rings (SSSR count). The van der Waals surface area contributed by atoms with Crippen molar-refractivity contribution in [2.24, 2.45) is 0 Å². The lowest BCUT2D eigenvalue weighted by atomic mass is 10.1. The van der Waals surface area contributed by atoms with Crippen molar-refractivity contribution >= 4 is 16.6 Å². The lowest BCUT2D eigenvalue weighted by molar-refractivity contribution is 0.398. The van der Waals surface area contributed by atoms with Crippen LogP contribution < -0.4 is 14.8 Å². The maximum Gasteiger partial charge on any atom is 0.134 e. The van der Waals surface area contributed by atoms with Crippen LogP contribution in [0, 0.1) is 0 Å². The quantitative estimate of drug-likeness (QED) is 0.912. The Balaban J connectivity index is 2.28. The molecule has 0 spiro atoms. The molecular weight excluding hydrogens is 264 g/mol. The number of nitrogens with zero attached hydrogens (tertiary/aromatic N) is 1. The molecular formula is C17H22N2O2. The van der Waals surface area contributed by atoms with Crippen LogP contribution >= 0.6 is 0 Å². The third kappa shape index (κ3) is 2.39. The number of hydrogen-bond acceptors (Lipinski definition) is 4. The van der Waals surface area contributed by atoms with Gasteiger partial charge in [0, 0.05) is 24.4 Å². The predicted octanol–water partition coefficient (Wildman–Crippen LogP) is 3.56. The number of nitrogens with one attached hydrogen (secondary N) is 1. The molecule has 0 fully saturated rings. The van der Waals surface area contributed by atoms with Crippen LogP contribution in [0.2, 0.25) is 0 Å². The van der Waals surface area contributed by atoms with Gasteiger partial charge < -0.3 is 14.8 Å². The normalized spacial score (nSPS) is 13.3. The number of rotatable bonds is 5. The fourth-order valence-corrected chi connectivity index (χ4v) is 3.06. The molecule has 112 valence electrons. The smallest absolute Gasteiger partial charge is 0.134 e. The van der Waals surface area contributed by atoms with Crippen molar-refractivity contribution in [2.75, 3.05) is 26.1 Å². The molecule has 1 heterocycles. The molecule has 4 nitrogen and oxygen atoms in total. The summed E-state index contributed by atoms with van der Waals surface area (Å²) < 4.78 is 11.0. The molecule has 0 saturated carbocycles. The summed E-state index contributed by atoms with van der Waals surface area (Å²) in [7, 11) is 3.37. The zero-order valence-electron chi connectivity index (χ0n) is 13.0. The van der Waals surface area contributed by atoms with Crippen molar-refractivity contribution in [3.05, 3.63) is 23.4 Å². The number of pyridine rings is 1. The minimum Gasteiger partial charge on any atom is -0.497 e. The molecule has 1 aromatic carbocycles. The van der Waals surface area contributed by atoms with Crippen molar-refractivity contribution in [1.82, 2.24) is 4.98 Å². The van der Waals surface area contributed by atoms with Gasteiger partial charge in [0.25, 0.3) is 0 Å². The van der Waals surface area contributed by atoms with Gasteiger partial charge in [-0.2, -0.15) is 0 Å². The van der Waals surface area contributed by atoms with Crippen molar-refractivity contribution in [1.29, 1.82) is 0 Å². The Morgan fingerprint density at radius 2 is 2.05 bits per heavy atom. The molecule has 1 aromatic heterocycles. The highest BCUT2D eigenvalue weighted by Crippen LogP contribution is 2.40. The van der Waals surface area contributed by atoms with E-state index in [0.717, 1.165) is 48.2 Å². The summed E-state index contributed by atoms with van der Waals surface area (Å²) in [5.41, 5.74) is 4.73. The largest absolute Gasteiger partial charge is 0.497 e.